The average molecular weight is 216 g/mol. The highest BCUT2D eigenvalue weighted by Crippen LogP contribution is 2.39. The fraction of sp³-hybridized carbons (Fsp3) is 0.364. The van der Waals surface area contributed by atoms with E-state index in [0.717, 1.165) is 30.0 Å². The van der Waals surface area contributed by atoms with Crippen LogP contribution in [-0.4, -0.2) is 15.1 Å². The van der Waals surface area contributed by atoms with E-state index in [-0.39, 0.29) is 0 Å². The van der Waals surface area contributed by atoms with E-state index in [0.29, 0.717) is 17.4 Å². The molecule has 0 unspecified atom stereocenters. The average Bonchev–Trinajstić information content (AvgIpc) is 3.01. The van der Waals surface area contributed by atoms with Crippen LogP contribution in [0.3, 0.4) is 0 Å². The Morgan fingerprint density at radius 2 is 2.25 bits per heavy atom. The second kappa shape index (κ2) is 3.30. The van der Waals surface area contributed by atoms with Crippen LogP contribution < -0.4 is 5.73 Å². The van der Waals surface area contributed by atoms with Crippen LogP contribution in [0.1, 0.15) is 30.3 Å². The molecule has 2 N–H and O–H groups in total. The van der Waals surface area contributed by atoms with Gasteiger partial charge in [0, 0.05) is 17.7 Å². The molecule has 0 aliphatic heterocycles. The predicted octanol–water partition coefficient (Wildman–Crippen LogP) is 1.90. The van der Waals surface area contributed by atoms with Gasteiger partial charge in [-0.1, -0.05) is 5.16 Å². The molecule has 1 aliphatic carbocycles. The molecule has 0 aromatic carbocycles. The number of nitrogen functional groups attached to an aromatic ring is 1. The lowest BCUT2D eigenvalue weighted by Crippen LogP contribution is -1.94. The molecule has 3 rings (SSSR count). The summed E-state index contributed by atoms with van der Waals surface area (Å²) in [6, 6.07) is 1.82. The van der Waals surface area contributed by atoms with E-state index in [4.69, 9.17) is 10.3 Å². The lowest BCUT2D eigenvalue weighted by Gasteiger charge is -1.99. The molecule has 0 radical (unpaired) electrons. The largest absolute Gasteiger partial charge is 0.397 e. The Kier molecular flexibility index (Phi) is 1.92. The highest BCUT2D eigenvalue weighted by Gasteiger charge is 2.29. The first-order chi connectivity index (χ1) is 7.74. The summed E-state index contributed by atoms with van der Waals surface area (Å²) >= 11 is 0. The monoisotopic (exact) mass is 216 g/mol. The van der Waals surface area contributed by atoms with Gasteiger partial charge in [-0.2, -0.15) is 4.98 Å². The molecule has 1 aliphatic rings. The molecule has 0 atom stereocenters. The third-order valence-corrected chi connectivity index (χ3v) is 2.75. The number of pyridine rings is 1. The van der Waals surface area contributed by atoms with Crippen LogP contribution in [0.2, 0.25) is 0 Å². The summed E-state index contributed by atoms with van der Waals surface area (Å²) in [5.74, 6) is 1.77. The molecule has 0 amide bonds. The number of aryl methyl sites for hydroxylation is 1. The van der Waals surface area contributed by atoms with E-state index in [1.165, 1.54) is 0 Å². The minimum atomic E-state index is 0.469. The maximum atomic E-state index is 5.79. The fourth-order valence-electron chi connectivity index (χ4n) is 1.52. The van der Waals surface area contributed by atoms with Crippen LogP contribution in [-0.2, 0) is 0 Å². The quantitative estimate of drug-likeness (QED) is 0.829. The Labute approximate surface area is 92.7 Å². The van der Waals surface area contributed by atoms with Gasteiger partial charge in [0.25, 0.3) is 0 Å². The molecule has 0 bridgehead atoms. The van der Waals surface area contributed by atoms with Gasteiger partial charge in [-0.15, -0.1) is 0 Å². The van der Waals surface area contributed by atoms with Crippen molar-refractivity contribution >= 4 is 5.69 Å². The van der Waals surface area contributed by atoms with Crippen molar-refractivity contribution in [1.29, 1.82) is 0 Å². The Bertz CT molecular complexity index is 531. The van der Waals surface area contributed by atoms with Gasteiger partial charge in [0.2, 0.25) is 11.7 Å². The van der Waals surface area contributed by atoms with E-state index >= 15 is 0 Å². The van der Waals surface area contributed by atoms with E-state index in [1.54, 1.807) is 6.20 Å². The van der Waals surface area contributed by atoms with Gasteiger partial charge < -0.3 is 10.3 Å². The van der Waals surface area contributed by atoms with Crippen LogP contribution in [0.5, 0.6) is 0 Å². The standard InChI is InChI=1S/C11H12N4O/c1-6-9(12)4-8(5-13-6)10-14-11(16-15-10)7-2-3-7/h4-5,7H,2-3,12H2,1H3. The Balaban J connectivity index is 1.97. The van der Waals surface area contributed by atoms with Gasteiger partial charge >= 0.3 is 0 Å². The SMILES string of the molecule is Cc1ncc(-c2noc(C3CC3)n2)cc1N. The number of rotatable bonds is 2. The number of hydrogen-bond acceptors (Lipinski definition) is 5. The Hall–Kier alpha value is -1.91. The summed E-state index contributed by atoms with van der Waals surface area (Å²) in [6.07, 6.45) is 4.01. The van der Waals surface area contributed by atoms with Crippen LogP contribution in [0.4, 0.5) is 5.69 Å². The van der Waals surface area contributed by atoms with Crippen molar-refractivity contribution in [3.05, 3.63) is 23.8 Å². The van der Waals surface area contributed by atoms with Gasteiger partial charge in [-0.05, 0) is 25.8 Å². The van der Waals surface area contributed by atoms with Crippen LogP contribution in [0, 0.1) is 6.92 Å². The zero-order valence-electron chi connectivity index (χ0n) is 8.97. The van der Waals surface area contributed by atoms with Gasteiger partial charge in [0.15, 0.2) is 0 Å². The first kappa shape index (κ1) is 9.33. The van der Waals surface area contributed by atoms with E-state index in [9.17, 15) is 0 Å². The normalized spacial score (nSPS) is 15.3. The Morgan fingerprint density at radius 3 is 2.94 bits per heavy atom. The number of nitrogens with two attached hydrogens (primary N) is 1. The van der Waals surface area contributed by atoms with E-state index < -0.39 is 0 Å². The molecule has 0 saturated heterocycles. The minimum Gasteiger partial charge on any atom is -0.397 e. The third-order valence-electron chi connectivity index (χ3n) is 2.75. The van der Waals surface area contributed by atoms with Gasteiger partial charge in [0.05, 0.1) is 11.4 Å². The first-order valence-corrected chi connectivity index (χ1v) is 5.30. The molecule has 82 valence electrons. The van der Waals surface area contributed by atoms with Crippen LogP contribution >= 0.6 is 0 Å². The molecule has 2 aromatic heterocycles. The highest BCUT2D eigenvalue weighted by molar-refractivity contribution is 5.60. The maximum absolute atomic E-state index is 5.79. The van der Waals surface area contributed by atoms with Gasteiger partial charge in [0.1, 0.15) is 0 Å². The van der Waals surface area contributed by atoms with Crippen LogP contribution in [0.15, 0.2) is 16.8 Å². The molecule has 0 spiro atoms. The van der Waals surface area contributed by atoms with E-state index in [1.807, 2.05) is 13.0 Å². The first-order valence-electron chi connectivity index (χ1n) is 5.30. The summed E-state index contributed by atoms with van der Waals surface area (Å²) in [5, 5.41) is 3.94. The smallest absolute Gasteiger partial charge is 0.230 e. The second-order valence-electron chi connectivity index (χ2n) is 4.13. The number of hydrogen-bond donors (Lipinski definition) is 1. The third kappa shape index (κ3) is 1.54. The predicted molar refractivity (Wildman–Crippen MR) is 58.7 cm³/mol. The molecule has 16 heavy (non-hydrogen) atoms. The number of nitrogens with zero attached hydrogens (tertiary/aromatic N) is 3. The van der Waals surface area contributed by atoms with Crippen LogP contribution in [0.25, 0.3) is 11.4 Å². The lowest BCUT2D eigenvalue weighted by molar-refractivity contribution is 0.380. The molecule has 5 nitrogen and oxygen atoms in total. The molecule has 1 saturated carbocycles. The maximum Gasteiger partial charge on any atom is 0.230 e. The van der Waals surface area contributed by atoms with Gasteiger partial charge in [-0.25, -0.2) is 0 Å². The zero-order chi connectivity index (χ0) is 11.1. The summed E-state index contributed by atoms with van der Waals surface area (Å²) in [4.78, 5) is 8.52. The molecule has 2 aromatic rings. The van der Waals surface area contributed by atoms with E-state index in [2.05, 4.69) is 15.1 Å². The fourth-order valence-corrected chi connectivity index (χ4v) is 1.52. The molecule has 5 heteroatoms. The van der Waals surface area contributed by atoms with Crippen molar-refractivity contribution < 1.29 is 4.52 Å². The number of aromatic nitrogens is 3. The minimum absolute atomic E-state index is 0.469. The van der Waals surface area contributed by atoms with Crippen molar-refractivity contribution in [3.63, 3.8) is 0 Å². The lowest BCUT2D eigenvalue weighted by atomic mass is 10.2. The zero-order valence-corrected chi connectivity index (χ0v) is 8.97. The van der Waals surface area contributed by atoms with Crippen molar-refractivity contribution in [2.75, 3.05) is 5.73 Å². The summed E-state index contributed by atoms with van der Waals surface area (Å²) < 4.78 is 5.18. The summed E-state index contributed by atoms with van der Waals surface area (Å²) in [7, 11) is 0. The highest BCUT2D eigenvalue weighted by atomic mass is 16.5. The molecule has 1 fully saturated rings. The Morgan fingerprint density at radius 1 is 1.44 bits per heavy atom. The van der Waals surface area contributed by atoms with Crippen molar-refractivity contribution in [1.82, 2.24) is 15.1 Å². The molecule has 2 heterocycles. The van der Waals surface area contributed by atoms with Gasteiger partial charge in [-0.3, -0.25) is 4.98 Å². The summed E-state index contributed by atoms with van der Waals surface area (Å²) in [6.45, 7) is 1.87. The number of anilines is 1. The molecular weight excluding hydrogens is 204 g/mol. The van der Waals surface area contributed by atoms with Crippen molar-refractivity contribution in [2.24, 2.45) is 0 Å². The second-order valence-corrected chi connectivity index (χ2v) is 4.13. The van der Waals surface area contributed by atoms with Crippen molar-refractivity contribution in [3.8, 4) is 11.4 Å². The van der Waals surface area contributed by atoms with Crippen molar-refractivity contribution in [2.45, 2.75) is 25.7 Å². The topological polar surface area (TPSA) is 77.8 Å². The molecular formula is C11H12N4O. The summed E-state index contributed by atoms with van der Waals surface area (Å²) in [5.41, 5.74) is 8.06.